The van der Waals surface area contributed by atoms with Crippen LogP contribution in [0.25, 0.3) is 0 Å². The molecule has 0 aromatic heterocycles. The summed E-state index contributed by atoms with van der Waals surface area (Å²) in [7, 11) is -6.13. The zero-order valence-corrected chi connectivity index (χ0v) is 14.1. The Labute approximate surface area is 130 Å². The Kier molecular flexibility index (Phi) is 4.54. The van der Waals surface area contributed by atoms with Gasteiger partial charge in [-0.25, -0.2) is 13.1 Å². The van der Waals surface area contributed by atoms with E-state index in [-0.39, 0.29) is 23.8 Å². The standard InChI is InChI=1S/C12H18N2O6S2/c1-4-14(7-8-21(15,16)13-3)10-5-6-11-9(2)12(10)20-22(17,18)19-11/h5-6,13H,4,7-8H2,1-3H3. The Morgan fingerprint density at radius 2 is 1.95 bits per heavy atom. The van der Waals surface area contributed by atoms with Gasteiger partial charge in [-0.15, -0.1) is 8.42 Å². The van der Waals surface area contributed by atoms with Gasteiger partial charge >= 0.3 is 10.4 Å². The average Bonchev–Trinajstić information content (AvgIpc) is 2.43. The molecule has 1 aromatic rings. The van der Waals surface area contributed by atoms with Crippen LogP contribution in [-0.2, 0) is 20.4 Å². The lowest BCUT2D eigenvalue weighted by molar-refractivity contribution is 0.374. The summed E-state index contributed by atoms with van der Waals surface area (Å²) in [4.78, 5) is 1.74. The molecule has 0 atom stereocenters. The van der Waals surface area contributed by atoms with E-state index in [2.05, 4.69) is 4.72 Å². The summed E-state index contributed by atoms with van der Waals surface area (Å²) < 4.78 is 58.1. The minimum atomic E-state index is -4.12. The second-order valence-electron chi connectivity index (χ2n) is 4.71. The smallest absolute Gasteiger partial charge is 0.368 e. The molecular weight excluding hydrogens is 332 g/mol. The molecule has 124 valence electrons. The number of nitrogens with one attached hydrogen (secondary N) is 1. The predicted molar refractivity (Wildman–Crippen MR) is 82.1 cm³/mol. The van der Waals surface area contributed by atoms with Crippen molar-refractivity contribution in [2.24, 2.45) is 0 Å². The summed E-state index contributed by atoms with van der Waals surface area (Å²) in [5, 5.41) is 0. The van der Waals surface area contributed by atoms with E-state index in [4.69, 9.17) is 8.37 Å². The van der Waals surface area contributed by atoms with Crippen LogP contribution in [0.4, 0.5) is 5.69 Å². The Morgan fingerprint density at radius 1 is 1.27 bits per heavy atom. The largest absolute Gasteiger partial charge is 0.501 e. The van der Waals surface area contributed by atoms with E-state index in [9.17, 15) is 16.8 Å². The van der Waals surface area contributed by atoms with Crippen molar-refractivity contribution in [3.8, 4) is 11.5 Å². The van der Waals surface area contributed by atoms with Gasteiger partial charge in [0.1, 0.15) is 0 Å². The number of anilines is 1. The van der Waals surface area contributed by atoms with Gasteiger partial charge in [0.2, 0.25) is 10.0 Å². The van der Waals surface area contributed by atoms with Gasteiger partial charge in [-0.2, -0.15) is 0 Å². The molecule has 0 unspecified atom stereocenters. The molecule has 0 aliphatic carbocycles. The lowest BCUT2D eigenvalue weighted by Crippen LogP contribution is -2.34. The van der Waals surface area contributed by atoms with Crippen molar-refractivity contribution in [3.63, 3.8) is 0 Å². The molecule has 0 saturated carbocycles. The second-order valence-corrected chi connectivity index (χ2v) is 7.91. The lowest BCUT2D eigenvalue weighted by atomic mass is 10.1. The van der Waals surface area contributed by atoms with Crippen LogP contribution < -0.4 is 18.0 Å². The molecule has 8 nitrogen and oxygen atoms in total. The molecule has 22 heavy (non-hydrogen) atoms. The van der Waals surface area contributed by atoms with Gasteiger partial charge in [-0.3, -0.25) is 0 Å². The van der Waals surface area contributed by atoms with Crippen LogP contribution in [0, 0.1) is 6.92 Å². The summed E-state index contributed by atoms with van der Waals surface area (Å²) in [6, 6.07) is 3.19. The Bertz CT molecular complexity index is 773. The molecule has 1 aliphatic rings. The lowest BCUT2D eigenvalue weighted by Gasteiger charge is -2.28. The van der Waals surface area contributed by atoms with E-state index >= 15 is 0 Å². The number of hydrogen-bond donors (Lipinski definition) is 1. The van der Waals surface area contributed by atoms with Crippen LogP contribution in [0.3, 0.4) is 0 Å². The first kappa shape index (κ1) is 16.8. The highest BCUT2D eigenvalue weighted by Crippen LogP contribution is 2.42. The van der Waals surface area contributed by atoms with Gasteiger partial charge < -0.3 is 13.3 Å². The Morgan fingerprint density at radius 3 is 2.55 bits per heavy atom. The van der Waals surface area contributed by atoms with Crippen LogP contribution in [0.2, 0.25) is 0 Å². The quantitative estimate of drug-likeness (QED) is 0.791. The van der Waals surface area contributed by atoms with Crippen molar-refractivity contribution in [1.29, 1.82) is 0 Å². The Balaban J connectivity index is 2.34. The first-order valence-corrected chi connectivity index (χ1v) is 9.61. The summed E-state index contributed by atoms with van der Waals surface area (Å²) >= 11 is 0. The third-order valence-electron chi connectivity index (χ3n) is 3.38. The van der Waals surface area contributed by atoms with Gasteiger partial charge in [-0.1, -0.05) is 0 Å². The number of nitrogens with zero attached hydrogens (tertiary/aromatic N) is 1. The first-order valence-electron chi connectivity index (χ1n) is 6.62. The Hall–Kier alpha value is -1.52. The summed E-state index contributed by atoms with van der Waals surface area (Å²) in [6.07, 6.45) is 0. The van der Waals surface area contributed by atoms with Gasteiger partial charge in [-0.05, 0) is 33.0 Å². The zero-order chi connectivity index (χ0) is 16.5. The molecule has 0 saturated heterocycles. The van der Waals surface area contributed by atoms with Crippen molar-refractivity contribution in [2.45, 2.75) is 13.8 Å². The fourth-order valence-electron chi connectivity index (χ4n) is 2.11. The number of sulfonamides is 1. The van der Waals surface area contributed by atoms with Crippen LogP contribution in [-0.4, -0.2) is 42.7 Å². The molecule has 0 amide bonds. The monoisotopic (exact) mass is 350 g/mol. The zero-order valence-electron chi connectivity index (χ0n) is 12.5. The van der Waals surface area contributed by atoms with E-state index in [0.29, 0.717) is 17.8 Å². The van der Waals surface area contributed by atoms with Crippen molar-refractivity contribution in [3.05, 3.63) is 17.7 Å². The molecular formula is C12H18N2O6S2. The third-order valence-corrected chi connectivity index (χ3v) is 5.47. The number of hydrogen-bond acceptors (Lipinski definition) is 7. The van der Waals surface area contributed by atoms with Crippen molar-refractivity contribution < 1.29 is 25.2 Å². The van der Waals surface area contributed by atoms with E-state index in [1.54, 1.807) is 17.9 Å². The number of benzene rings is 1. The van der Waals surface area contributed by atoms with Gasteiger partial charge in [0.25, 0.3) is 0 Å². The highest BCUT2D eigenvalue weighted by molar-refractivity contribution is 7.89. The topological polar surface area (TPSA) is 102 Å². The molecule has 1 aromatic carbocycles. The molecule has 0 fully saturated rings. The summed E-state index contributed by atoms with van der Waals surface area (Å²) in [5.74, 6) is 0.275. The van der Waals surface area contributed by atoms with Crippen LogP contribution in [0.15, 0.2) is 12.1 Å². The van der Waals surface area contributed by atoms with E-state index < -0.39 is 20.4 Å². The maximum absolute atomic E-state index is 11.6. The fourth-order valence-corrected chi connectivity index (χ4v) is 3.63. The maximum atomic E-state index is 11.6. The minimum absolute atomic E-state index is 0.110. The summed E-state index contributed by atoms with van der Waals surface area (Å²) in [6.45, 7) is 4.22. The van der Waals surface area contributed by atoms with E-state index in [1.165, 1.54) is 13.1 Å². The van der Waals surface area contributed by atoms with Crippen molar-refractivity contribution in [1.82, 2.24) is 4.72 Å². The van der Waals surface area contributed by atoms with Crippen LogP contribution in [0.5, 0.6) is 11.5 Å². The molecule has 1 heterocycles. The third kappa shape index (κ3) is 3.45. The molecule has 0 spiro atoms. The predicted octanol–water partition coefficient (Wildman–Crippen LogP) is 0.387. The maximum Gasteiger partial charge on any atom is 0.501 e. The highest BCUT2D eigenvalue weighted by Gasteiger charge is 2.30. The van der Waals surface area contributed by atoms with Crippen LogP contribution >= 0.6 is 0 Å². The molecule has 2 bridgehead atoms. The van der Waals surface area contributed by atoms with Gasteiger partial charge in [0, 0.05) is 18.7 Å². The summed E-state index contributed by atoms with van der Waals surface area (Å²) in [5.41, 5.74) is 1.07. The van der Waals surface area contributed by atoms with Crippen molar-refractivity contribution in [2.75, 3.05) is 30.8 Å². The van der Waals surface area contributed by atoms with E-state index in [0.717, 1.165) is 0 Å². The van der Waals surface area contributed by atoms with Crippen LogP contribution in [0.1, 0.15) is 12.5 Å². The fraction of sp³-hybridized carbons (Fsp3) is 0.500. The van der Waals surface area contributed by atoms with Gasteiger partial charge in [0.05, 0.1) is 11.4 Å². The molecule has 10 heteroatoms. The minimum Gasteiger partial charge on any atom is -0.368 e. The SMILES string of the molecule is CCN(CCS(=O)(=O)NC)c1ccc2c(C)c1OS(=O)(=O)O2. The molecule has 2 rings (SSSR count). The second kappa shape index (κ2) is 5.94. The first-order chi connectivity index (χ1) is 10.2. The molecule has 1 aliphatic heterocycles. The molecule has 1 N–H and O–H groups in total. The normalized spacial score (nSPS) is 15.8. The average molecular weight is 350 g/mol. The number of rotatable bonds is 6. The van der Waals surface area contributed by atoms with Gasteiger partial charge in [0.15, 0.2) is 11.5 Å². The number of fused-ring (bicyclic) bond motifs is 2. The van der Waals surface area contributed by atoms with Crippen molar-refractivity contribution >= 4 is 26.1 Å². The molecule has 0 radical (unpaired) electrons. The van der Waals surface area contributed by atoms with E-state index in [1.807, 2.05) is 6.92 Å². The highest BCUT2D eigenvalue weighted by atomic mass is 32.3.